The zero-order chi connectivity index (χ0) is 14.5. The van der Waals surface area contributed by atoms with Crippen LogP contribution in [0.2, 0.25) is 0 Å². The first-order chi connectivity index (χ1) is 9.61. The molecule has 0 aromatic heterocycles. The zero-order valence-corrected chi connectivity index (χ0v) is 12.0. The van der Waals surface area contributed by atoms with Gasteiger partial charge < -0.3 is 15.3 Å². The Morgan fingerprint density at radius 1 is 1.35 bits per heavy atom. The summed E-state index contributed by atoms with van der Waals surface area (Å²) in [5.41, 5.74) is 0. The summed E-state index contributed by atoms with van der Waals surface area (Å²) in [4.78, 5) is 25.2. The Hall–Kier alpha value is -1.52. The number of carboxylic acids is 1. The van der Waals surface area contributed by atoms with Gasteiger partial charge in [0.2, 0.25) is 0 Å². The first kappa shape index (κ1) is 14.9. The lowest BCUT2D eigenvalue weighted by molar-refractivity contribution is -0.144. The molecular formula is C15H24N2O3. The molecule has 2 amide bonds. The molecule has 1 aliphatic heterocycles. The number of carboxylic acid groups (broad SMARTS) is 1. The molecule has 1 heterocycles. The van der Waals surface area contributed by atoms with Gasteiger partial charge in [-0.3, -0.25) is 0 Å². The van der Waals surface area contributed by atoms with Crippen molar-refractivity contribution < 1.29 is 14.7 Å². The molecule has 0 radical (unpaired) electrons. The minimum Gasteiger partial charge on any atom is -0.480 e. The summed E-state index contributed by atoms with van der Waals surface area (Å²) < 4.78 is 0. The molecule has 0 bridgehead atoms. The van der Waals surface area contributed by atoms with E-state index < -0.39 is 12.0 Å². The molecule has 1 aliphatic carbocycles. The second-order valence-electron chi connectivity index (χ2n) is 5.78. The second kappa shape index (κ2) is 6.77. The molecule has 1 fully saturated rings. The lowest BCUT2D eigenvalue weighted by Crippen LogP contribution is -2.55. The topological polar surface area (TPSA) is 69.6 Å². The first-order valence-corrected chi connectivity index (χ1v) is 7.56. The molecule has 3 atom stereocenters. The highest BCUT2D eigenvalue weighted by Gasteiger charge is 2.36. The number of hydrogen-bond donors (Lipinski definition) is 2. The summed E-state index contributed by atoms with van der Waals surface area (Å²) in [6.45, 7) is 2.62. The fourth-order valence-corrected chi connectivity index (χ4v) is 3.07. The molecular weight excluding hydrogens is 256 g/mol. The molecule has 3 unspecified atom stereocenters. The van der Waals surface area contributed by atoms with Gasteiger partial charge in [-0.25, -0.2) is 9.59 Å². The van der Waals surface area contributed by atoms with Crippen molar-refractivity contribution >= 4 is 12.0 Å². The Kier molecular flexibility index (Phi) is 5.04. The van der Waals surface area contributed by atoms with E-state index in [0.717, 1.165) is 32.1 Å². The van der Waals surface area contributed by atoms with Crippen LogP contribution >= 0.6 is 0 Å². The van der Waals surface area contributed by atoms with Gasteiger partial charge >= 0.3 is 12.0 Å². The zero-order valence-electron chi connectivity index (χ0n) is 12.0. The molecule has 2 rings (SSSR count). The van der Waals surface area contributed by atoms with Crippen LogP contribution in [0.25, 0.3) is 0 Å². The van der Waals surface area contributed by atoms with Crippen LogP contribution in [0.3, 0.4) is 0 Å². The van der Waals surface area contributed by atoms with Gasteiger partial charge in [0.15, 0.2) is 0 Å². The van der Waals surface area contributed by atoms with Crippen molar-refractivity contribution in [2.24, 2.45) is 5.92 Å². The Bertz CT molecular complexity index is 395. The number of aliphatic carboxylic acids is 1. The maximum atomic E-state index is 12.3. The fourth-order valence-electron chi connectivity index (χ4n) is 3.07. The van der Waals surface area contributed by atoms with E-state index in [-0.39, 0.29) is 12.1 Å². The number of likely N-dealkylation sites (tertiary alicyclic amines) is 1. The highest BCUT2D eigenvalue weighted by molar-refractivity contribution is 5.83. The van der Waals surface area contributed by atoms with E-state index in [0.29, 0.717) is 18.9 Å². The van der Waals surface area contributed by atoms with Crippen molar-refractivity contribution in [3.05, 3.63) is 12.2 Å². The SMILES string of the molecule is CCC1CCN(C(=O)NC2CC=CCC2)C(C(=O)O)C1. The van der Waals surface area contributed by atoms with Crippen molar-refractivity contribution in [3.63, 3.8) is 0 Å². The Morgan fingerprint density at radius 2 is 2.15 bits per heavy atom. The third-order valence-electron chi connectivity index (χ3n) is 4.43. The third kappa shape index (κ3) is 3.52. The summed E-state index contributed by atoms with van der Waals surface area (Å²) in [6.07, 6.45) is 9.40. The van der Waals surface area contributed by atoms with Gasteiger partial charge in [0.1, 0.15) is 6.04 Å². The van der Waals surface area contributed by atoms with E-state index >= 15 is 0 Å². The van der Waals surface area contributed by atoms with Crippen LogP contribution in [0.1, 0.15) is 45.4 Å². The minimum atomic E-state index is -0.887. The molecule has 112 valence electrons. The van der Waals surface area contributed by atoms with Crippen LogP contribution in [0.15, 0.2) is 12.2 Å². The number of amides is 2. The number of urea groups is 1. The number of nitrogens with one attached hydrogen (secondary N) is 1. The number of nitrogens with zero attached hydrogens (tertiary/aromatic N) is 1. The van der Waals surface area contributed by atoms with E-state index in [1.807, 2.05) is 0 Å². The monoisotopic (exact) mass is 280 g/mol. The maximum Gasteiger partial charge on any atom is 0.326 e. The van der Waals surface area contributed by atoms with Crippen LogP contribution in [-0.4, -0.2) is 40.6 Å². The Morgan fingerprint density at radius 3 is 2.75 bits per heavy atom. The first-order valence-electron chi connectivity index (χ1n) is 7.56. The van der Waals surface area contributed by atoms with Crippen LogP contribution in [0.4, 0.5) is 4.79 Å². The predicted octanol–water partition coefficient (Wildman–Crippen LogP) is 2.38. The van der Waals surface area contributed by atoms with Crippen molar-refractivity contribution in [1.82, 2.24) is 10.2 Å². The standard InChI is InChI=1S/C15H24N2O3/c1-2-11-8-9-17(13(10-11)14(18)19)15(20)16-12-6-4-3-5-7-12/h3-4,11-13H,2,5-10H2,1H3,(H,16,20)(H,18,19). The number of carbonyl (C=O) groups is 2. The largest absolute Gasteiger partial charge is 0.480 e. The normalized spacial score (nSPS) is 30.1. The van der Waals surface area contributed by atoms with Gasteiger partial charge in [-0.15, -0.1) is 0 Å². The molecule has 20 heavy (non-hydrogen) atoms. The molecule has 5 nitrogen and oxygen atoms in total. The van der Waals surface area contributed by atoms with Crippen molar-refractivity contribution in [3.8, 4) is 0 Å². The molecule has 0 aromatic rings. The molecule has 5 heteroatoms. The van der Waals surface area contributed by atoms with E-state index in [1.165, 1.54) is 4.90 Å². The lowest BCUT2D eigenvalue weighted by atomic mass is 9.89. The van der Waals surface area contributed by atoms with E-state index in [1.54, 1.807) is 0 Å². The van der Waals surface area contributed by atoms with Crippen molar-refractivity contribution in [2.45, 2.75) is 57.5 Å². The molecule has 0 saturated carbocycles. The summed E-state index contributed by atoms with van der Waals surface area (Å²) in [5, 5.41) is 12.3. The second-order valence-corrected chi connectivity index (χ2v) is 5.78. The summed E-state index contributed by atoms with van der Waals surface area (Å²) >= 11 is 0. The Labute approximate surface area is 120 Å². The lowest BCUT2D eigenvalue weighted by Gasteiger charge is -2.37. The quantitative estimate of drug-likeness (QED) is 0.780. The maximum absolute atomic E-state index is 12.3. The number of allylic oxidation sites excluding steroid dienone is 1. The number of rotatable bonds is 3. The molecule has 0 aromatic carbocycles. The Balaban J connectivity index is 1.96. The van der Waals surface area contributed by atoms with Crippen molar-refractivity contribution in [2.75, 3.05) is 6.54 Å². The number of hydrogen-bond acceptors (Lipinski definition) is 2. The average Bonchev–Trinajstić information content (AvgIpc) is 2.47. The minimum absolute atomic E-state index is 0.144. The van der Waals surface area contributed by atoms with Crippen LogP contribution in [-0.2, 0) is 4.79 Å². The highest BCUT2D eigenvalue weighted by Crippen LogP contribution is 2.26. The van der Waals surface area contributed by atoms with Gasteiger partial charge in [-0.05, 0) is 38.0 Å². The summed E-state index contributed by atoms with van der Waals surface area (Å²) in [6, 6.07) is -0.745. The van der Waals surface area contributed by atoms with Gasteiger partial charge in [-0.2, -0.15) is 0 Å². The number of piperidine rings is 1. The van der Waals surface area contributed by atoms with Crippen molar-refractivity contribution in [1.29, 1.82) is 0 Å². The van der Waals surface area contributed by atoms with Crippen LogP contribution < -0.4 is 5.32 Å². The highest BCUT2D eigenvalue weighted by atomic mass is 16.4. The molecule has 2 aliphatic rings. The summed E-state index contributed by atoms with van der Waals surface area (Å²) in [7, 11) is 0. The van der Waals surface area contributed by atoms with Gasteiger partial charge in [0, 0.05) is 12.6 Å². The van der Waals surface area contributed by atoms with Crippen LogP contribution in [0.5, 0.6) is 0 Å². The molecule has 1 saturated heterocycles. The molecule has 0 spiro atoms. The van der Waals surface area contributed by atoms with E-state index in [4.69, 9.17) is 0 Å². The van der Waals surface area contributed by atoms with Crippen LogP contribution in [0, 0.1) is 5.92 Å². The fraction of sp³-hybridized carbons (Fsp3) is 0.733. The smallest absolute Gasteiger partial charge is 0.326 e. The van der Waals surface area contributed by atoms with E-state index in [9.17, 15) is 14.7 Å². The van der Waals surface area contributed by atoms with Gasteiger partial charge in [0.25, 0.3) is 0 Å². The van der Waals surface area contributed by atoms with Gasteiger partial charge in [-0.1, -0.05) is 25.5 Å². The summed E-state index contributed by atoms with van der Waals surface area (Å²) in [5.74, 6) is -0.473. The molecule has 2 N–H and O–H groups in total. The van der Waals surface area contributed by atoms with Gasteiger partial charge in [0.05, 0.1) is 0 Å². The predicted molar refractivity (Wildman–Crippen MR) is 76.5 cm³/mol. The number of carbonyl (C=O) groups excluding carboxylic acids is 1. The average molecular weight is 280 g/mol. The van der Waals surface area contributed by atoms with E-state index in [2.05, 4.69) is 24.4 Å². The third-order valence-corrected chi connectivity index (χ3v) is 4.43.